The summed E-state index contributed by atoms with van der Waals surface area (Å²) in [6, 6.07) is 16.7. The second-order valence-electron chi connectivity index (χ2n) is 5.19. The van der Waals surface area contributed by atoms with Crippen LogP contribution in [-0.4, -0.2) is 22.5 Å². The predicted octanol–water partition coefficient (Wildman–Crippen LogP) is 3.56. The van der Waals surface area contributed by atoms with Gasteiger partial charge in [-0.1, -0.05) is 41.7 Å². The molecular formula is C18H17N3O2S. The monoisotopic (exact) mass is 339 g/mol. The maximum Gasteiger partial charge on any atom is 0.263 e. The molecule has 1 heterocycles. The number of nitrogens with zero attached hydrogens (tertiary/aromatic N) is 1. The summed E-state index contributed by atoms with van der Waals surface area (Å²) >= 11 is 1.32. The second-order valence-corrected chi connectivity index (χ2v) is 6.22. The molecule has 3 N–H and O–H groups in total. The zero-order valence-electron chi connectivity index (χ0n) is 12.9. The number of hydrogen-bond donors (Lipinski definition) is 3. The van der Waals surface area contributed by atoms with Gasteiger partial charge < -0.3 is 15.7 Å². The van der Waals surface area contributed by atoms with Crippen molar-refractivity contribution in [3.63, 3.8) is 0 Å². The molecule has 2 aromatic carbocycles. The van der Waals surface area contributed by atoms with Gasteiger partial charge in [0.15, 0.2) is 5.13 Å². The van der Waals surface area contributed by atoms with Gasteiger partial charge in [0, 0.05) is 12.2 Å². The van der Waals surface area contributed by atoms with Crippen molar-refractivity contribution in [1.82, 2.24) is 10.3 Å². The Labute approximate surface area is 144 Å². The van der Waals surface area contributed by atoms with Crippen molar-refractivity contribution in [3.05, 3.63) is 71.2 Å². The van der Waals surface area contributed by atoms with E-state index in [0.29, 0.717) is 23.0 Å². The molecule has 122 valence electrons. The van der Waals surface area contributed by atoms with Crippen LogP contribution in [0.3, 0.4) is 0 Å². The summed E-state index contributed by atoms with van der Waals surface area (Å²) in [7, 11) is 0. The zero-order valence-corrected chi connectivity index (χ0v) is 13.7. The van der Waals surface area contributed by atoms with Gasteiger partial charge in [0.2, 0.25) is 0 Å². The van der Waals surface area contributed by atoms with Gasteiger partial charge in [0.25, 0.3) is 5.91 Å². The van der Waals surface area contributed by atoms with Crippen molar-refractivity contribution in [2.24, 2.45) is 0 Å². The number of phenolic OH excluding ortho intramolecular Hbond substituents is 1. The molecule has 1 amide bonds. The number of carbonyl (C=O) groups excluding carboxylic acids is 1. The minimum atomic E-state index is -0.132. The van der Waals surface area contributed by atoms with Crippen molar-refractivity contribution in [2.45, 2.75) is 6.42 Å². The summed E-state index contributed by atoms with van der Waals surface area (Å²) in [4.78, 5) is 16.9. The average molecular weight is 339 g/mol. The van der Waals surface area contributed by atoms with Crippen LogP contribution < -0.4 is 10.6 Å². The standard InChI is InChI=1S/C18H17N3O2S/c22-15-8-6-13(7-9-15)10-11-19-17(23)16-12-20-18(24-16)21-14-4-2-1-3-5-14/h1-9,12,22H,10-11H2,(H,19,23)(H,20,21). The lowest BCUT2D eigenvalue weighted by molar-refractivity contribution is 0.0958. The number of para-hydroxylation sites is 1. The Bertz CT molecular complexity index is 801. The van der Waals surface area contributed by atoms with Crippen LogP contribution in [0.4, 0.5) is 10.8 Å². The number of anilines is 2. The lowest BCUT2D eigenvalue weighted by atomic mass is 10.1. The zero-order chi connectivity index (χ0) is 16.8. The van der Waals surface area contributed by atoms with Crippen LogP contribution in [0.1, 0.15) is 15.2 Å². The molecule has 0 aliphatic rings. The second kappa shape index (κ2) is 7.61. The van der Waals surface area contributed by atoms with Crippen molar-refractivity contribution < 1.29 is 9.90 Å². The van der Waals surface area contributed by atoms with E-state index < -0.39 is 0 Å². The van der Waals surface area contributed by atoms with Crippen molar-refractivity contribution >= 4 is 28.1 Å². The molecule has 5 nitrogen and oxygen atoms in total. The van der Waals surface area contributed by atoms with Crippen LogP contribution in [0, 0.1) is 0 Å². The van der Waals surface area contributed by atoms with Crippen LogP contribution in [0.5, 0.6) is 5.75 Å². The predicted molar refractivity (Wildman–Crippen MR) is 96.0 cm³/mol. The Morgan fingerprint density at radius 3 is 2.58 bits per heavy atom. The van der Waals surface area contributed by atoms with Gasteiger partial charge >= 0.3 is 0 Å². The number of thiazole rings is 1. The fourth-order valence-corrected chi connectivity index (χ4v) is 2.90. The molecule has 0 saturated heterocycles. The smallest absolute Gasteiger partial charge is 0.263 e. The van der Waals surface area contributed by atoms with E-state index in [0.717, 1.165) is 11.3 Å². The maximum absolute atomic E-state index is 12.1. The van der Waals surface area contributed by atoms with Gasteiger partial charge in [0.1, 0.15) is 10.6 Å². The summed E-state index contributed by atoms with van der Waals surface area (Å²) in [5.74, 6) is 0.110. The highest BCUT2D eigenvalue weighted by molar-refractivity contribution is 7.17. The van der Waals surface area contributed by atoms with Gasteiger partial charge in [-0.05, 0) is 36.2 Å². The Balaban J connectivity index is 1.51. The molecule has 0 radical (unpaired) electrons. The molecule has 1 aromatic heterocycles. The number of phenols is 1. The van der Waals surface area contributed by atoms with Crippen molar-refractivity contribution in [2.75, 3.05) is 11.9 Å². The van der Waals surface area contributed by atoms with E-state index in [1.807, 2.05) is 42.5 Å². The first-order chi connectivity index (χ1) is 11.7. The average Bonchev–Trinajstić information content (AvgIpc) is 3.06. The number of aromatic hydroxyl groups is 1. The van der Waals surface area contributed by atoms with Crippen LogP contribution in [0.15, 0.2) is 60.8 Å². The Morgan fingerprint density at radius 2 is 1.83 bits per heavy atom. The minimum Gasteiger partial charge on any atom is -0.508 e. The normalized spacial score (nSPS) is 10.3. The molecular weight excluding hydrogens is 322 g/mol. The van der Waals surface area contributed by atoms with E-state index in [1.54, 1.807) is 18.3 Å². The summed E-state index contributed by atoms with van der Waals surface area (Å²) in [5, 5.41) is 16.0. The molecule has 6 heteroatoms. The third-order valence-electron chi connectivity index (χ3n) is 3.39. The molecule has 0 aliphatic carbocycles. The first kappa shape index (κ1) is 16.0. The molecule has 24 heavy (non-hydrogen) atoms. The Kier molecular flexibility index (Phi) is 5.08. The summed E-state index contributed by atoms with van der Waals surface area (Å²) in [5.41, 5.74) is 2.00. The number of nitrogens with one attached hydrogen (secondary N) is 2. The van der Waals surface area contributed by atoms with E-state index in [2.05, 4.69) is 15.6 Å². The molecule has 0 saturated carbocycles. The highest BCUT2D eigenvalue weighted by Gasteiger charge is 2.10. The SMILES string of the molecule is O=C(NCCc1ccc(O)cc1)c1cnc(Nc2ccccc2)s1. The molecule has 3 aromatic rings. The molecule has 0 fully saturated rings. The number of aromatic nitrogens is 1. The molecule has 0 aliphatic heterocycles. The lowest BCUT2D eigenvalue weighted by Crippen LogP contribution is -2.24. The Hall–Kier alpha value is -2.86. The van der Waals surface area contributed by atoms with E-state index in [4.69, 9.17) is 0 Å². The molecule has 0 spiro atoms. The van der Waals surface area contributed by atoms with Gasteiger partial charge in [0.05, 0.1) is 6.20 Å². The summed E-state index contributed by atoms with van der Waals surface area (Å²) in [6.07, 6.45) is 2.28. The highest BCUT2D eigenvalue weighted by Crippen LogP contribution is 2.22. The molecule has 0 bridgehead atoms. The summed E-state index contributed by atoms with van der Waals surface area (Å²) < 4.78 is 0. The fourth-order valence-electron chi connectivity index (χ4n) is 2.15. The molecule has 0 atom stereocenters. The maximum atomic E-state index is 12.1. The van der Waals surface area contributed by atoms with E-state index in [1.165, 1.54) is 11.3 Å². The molecule has 3 rings (SSSR count). The number of rotatable bonds is 6. The van der Waals surface area contributed by atoms with E-state index in [-0.39, 0.29) is 11.7 Å². The van der Waals surface area contributed by atoms with Crippen LogP contribution in [0.25, 0.3) is 0 Å². The number of hydrogen-bond acceptors (Lipinski definition) is 5. The third kappa shape index (κ3) is 4.33. The first-order valence-electron chi connectivity index (χ1n) is 7.55. The number of carbonyl (C=O) groups is 1. The van der Waals surface area contributed by atoms with Crippen LogP contribution in [0.2, 0.25) is 0 Å². The Morgan fingerprint density at radius 1 is 1.08 bits per heavy atom. The fraction of sp³-hybridized carbons (Fsp3) is 0.111. The summed E-state index contributed by atoms with van der Waals surface area (Å²) in [6.45, 7) is 0.531. The van der Waals surface area contributed by atoms with Gasteiger partial charge in [-0.25, -0.2) is 4.98 Å². The number of benzene rings is 2. The topological polar surface area (TPSA) is 74.2 Å². The van der Waals surface area contributed by atoms with Crippen molar-refractivity contribution in [1.29, 1.82) is 0 Å². The lowest BCUT2D eigenvalue weighted by Gasteiger charge is -2.04. The first-order valence-corrected chi connectivity index (χ1v) is 8.36. The van der Waals surface area contributed by atoms with Gasteiger partial charge in [-0.15, -0.1) is 0 Å². The number of amides is 1. The largest absolute Gasteiger partial charge is 0.508 e. The van der Waals surface area contributed by atoms with E-state index >= 15 is 0 Å². The van der Waals surface area contributed by atoms with Gasteiger partial charge in [-0.3, -0.25) is 4.79 Å². The van der Waals surface area contributed by atoms with Crippen LogP contribution >= 0.6 is 11.3 Å². The van der Waals surface area contributed by atoms with Crippen molar-refractivity contribution in [3.8, 4) is 5.75 Å². The van der Waals surface area contributed by atoms with E-state index in [9.17, 15) is 9.90 Å². The third-order valence-corrected chi connectivity index (χ3v) is 4.30. The highest BCUT2D eigenvalue weighted by atomic mass is 32.1. The van der Waals surface area contributed by atoms with Crippen LogP contribution in [-0.2, 0) is 6.42 Å². The quantitative estimate of drug-likeness (QED) is 0.642. The minimum absolute atomic E-state index is 0.132. The van der Waals surface area contributed by atoms with Gasteiger partial charge in [-0.2, -0.15) is 0 Å². The molecule has 0 unspecified atom stereocenters.